The maximum Gasteiger partial charge on any atom is 0.0437 e. The summed E-state index contributed by atoms with van der Waals surface area (Å²) in [5, 5.41) is 13.1. The van der Waals surface area contributed by atoms with Gasteiger partial charge in [0.05, 0.1) is 0 Å². The summed E-state index contributed by atoms with van der Waals surface area (Å²) in [4.78, 5) is 0. The molecule has 0 amide bonds. The van der Waals surface area contributed by atoms with Crippen molar-refractivity contribution in [3.8, 4) is 0 Å². The Labute approximate surface area is 88.9 Å². The molecular weight excluding hydrogens is 198 g/mol. The van der Waals surface area contributed by atoms with Crippen LogP contribution in [0.5, 0.6) is 0 Å². The number of nitrogens with one attached hydrogen (secondary N) is 1. The molecule has 1 aliphatic rings. The first-order valence-electron chi connectivity index (χ1n) is 4.91. The lowest BCUT2D eigenvalue weighted by atomic mass is 9.89. The summed E-state index contributed by atoms with van der Waals surface area (Å²) in [6.07, 6.45) is 0.806. The molecule has 0 fully saturated rings. The van der Waals surface area contributed by atoms with Gasteiger partial charge in [0.1, 0.15) is 0 Å². The highest BCUT2D eigenvalue weighted by Crippen LogP contribution is 2.28. The second-order valence-corrected chi connectivity index (χ2v) is 4.12. The molecule has 0 spiro atoms. The zero-order chi connectivity index (χ0) is 9.97. The molecule has 0 unspecified atom stereocenters. The molecule has 76 valence electrons. The lowest BCUT2D eigenvalue weighted by Gasteiger charge is -2.26. The summed E-state index contributed by atoms with van der Waals surface area (Å²) < 4.78 is 0. The predicted molar refractivity (Wildman–Crippen MR) is 57.6 cm³/mol. The number of halogens is 1. The molecule has 1 aliphatic heterocycles. The highest BCUT2D eigenvalue weighted by atomic mass is 35.5. The molecule has 2 rings (SSSR count). The molecule has 1 aromatic rings. The second-order valence-electron chi connectivity index (χ2n) is 3.68. The quantitative estimate of drug-likeness (QED) is 0.784. The van der Waals surface area contributed by atoms with Crippen LogP contribution in [0.2, 0.25) is 5.02 Å². The minimum atomic E-state index is 0.234. The van der Waals surface area contributed by atoms with Crippen LogP contribution >= 0.6 is 11.6 Å². The Morgan fingerprint density at radius 2 is 2.36 bits per heavy atom. The van der Waals surface area contributed by atoms with E-state index in [9.17, 15) is 0 Å². The minimum Gasteiger partial charge on any atom is -0.396 e. The van der Waals surface area contributed by atoms with Gasteiger partial charge in [0.2, 0.25) is 0 Å². The Balaban J connectivity index is 2.32. The van der Waals surface area contributed by atoms with Crippen molar-refractivity contribution in [1.82, 2.24) is 5.32 Å². The van der Waals surface area contributed by atoms with Crippen LogP contribution in [0.15, 0.2) is 18.2 Å². The van der Waals surface area contributed by atoms with E-state index in [-0.39, 0.29) is 6.61 Å². The summed E-state index contributed by atoms with van der Waals surface area (Å²) in [6, 6.07) is 6.01. The molecule has 0 aliphatic carbocycles. The van der Waals surface area contributed by atoms with E-state index in [0.29, 0.717) is 5.92 Å². The van der Waals surface area contributed by atoms with Crippen molar-refractivity contribution in [2.24, 2.45) is 0 Å². The van der Waals surface area contributed by atoms with Gasteiger partial charge >= 0.3 is 0 Å². The molecule has 0 bridgehead atoms. The average molecular weight is 212 g/mol. The lowest BCUT2D eigenvalue weighted by molar-refractivity contribution is 0.271. The zero-order valence-corrected chi connectivity index (χ0v) is 8.72. The van der Waals surface area contributed by atoms with Gasteiger partial charge in [-0.1, -0.05) is 17.7 Å². The van der Waals surface area contributed by atoms with E-state index in [2.05, 4.69) is 11.4 Å². The molecule has 3 heteroatoms. The molecule has 1 atom stereocenters. The number of hydrogen-bond donors (Lipinski definition) is 2. The molecule has 1 heterocycles. The van der Waals surface area contributed by atoms with Crippen molar-refractivity contribution in [3.05, 3.63) is 34.3 Å². The van der Waals surface area contributed by atoms with E-state index in [0.717, 1.165) is 24.5 Å². The van der Waals surface area contributed by atoms with E-state index in [1.165, 1.54) is 11.1 Å². The molecule has 1 aromatic carbocycles. The third kappa shape index (κ3) is 1.92. The first-order valence-corrected chi connectivity index (χ1v) is 5.29. The Morgan fingerprint density at radius 3 is 3.14 bits per heavy atom. The first kappa shape index (κ1) is 9.97. The Hall–Kier alpha value is -0.570. The molecule has 2 N–H and O–H groups in total. The fourth-order valence-electron chi connectivity index (χ4n) is 2.01. The van der Waals surface area contributed by atoms with Crippen molar-refractivity contribution >= 4 is 11.6 Å². The average Bonchev–Trinajstić information content (AvgIpc) is 2.19. The standard InChI is InChI=1S/C11H14ClNO/c12-10-2-1-8-6-13-7-9(3-4-14)11(8)5-10/h1-2,5,9,13-14H,3-4,6-7H2/t9-/m0/s1. The maximum atomic E-state index is 8.95. The molecule has 0 aromatic heterocycles. The minimum absolute atomic E-state index is 0.234. The molecule has 14 heavy (non-hydrogen) atoms. The molecule has 0 radical (unpaired) electrons. The van der Waals surface area contributed by atoms with Gasteiger partial charge in [-0.3, -0.25) is 0 Å². The highest BCUT2D eigenvalue weighted by Gasteiger charge is 2.19. The third-order valence-electron chi connectivity index (χ3n) is 2.73. The Morgan fingerprint density at radius 1 is 1.50 bits per heavy atom. The second kappa shape index (κ2) is 4.30. The van der Waals surface area contributed by atoms with Crippen LogP contribution in [-0.4, -0.2) is 18.3 Å². The summed E-state index contributed by atoms with van der Waals surface area (Å²) in [7, 11) is 0. The summed E-state index contributed by atoms with van der Waals surface area (Å²) in [5.74, 6) is 0.405. The predicted octanol–water partition coefficient (Wildman–Crippen LogP) is 1.91. The number of hydrogen-bond acceptors (Lipinski definition) is 2. The van der Waals surface area contributed by atoms with Gasteiger partial charge in [-0.05, 0) is 35.6 Å². The van der Waals surface area contributed by atoms with E-state index >= 15 is 0 Å². The van der Waals surface area contributed by atoms with Crippen molar-refractivity contribution < 1.29 is 5.11 Å². The van der Waals surface area contributed by atoms with Crippen molar-refractivity contribution in [1.29, 1.82) is 0 Å². The number of rotatable bonds is 2. The van der Waals surface area contributed by atoms with Gasteiger partial charge in [0, 0.05) is 24.7 Å². The topological polar surface area (TPSA) is 32.3 Å². The van der Waals surface area contributed by atoms with E-state index in [1.54, 1.807) is 0 Å². The van der Waals surface area contributed by atoms with Crippen LogP contribution in [0.25, 0.3) is 0 Å². The van der Waals surface area contributed by atoms with Gasteiger partial charge in [-0.25, -0.2) is 0 Å². The highest BCUT2D eigenvalue weighted by molar-refractivity contribution is 6.30. The van der Waals surface area contributed by atoms with Gasteiger partial charge in [-0.2, -0.15) is 0 Å². The fourth-order valence-corrected chi connectivity index (χ4v) is 2.19. The summed E-state index contributed by atoms with van der Waals surface area (Å²) >= 11 is 5.96. The summed E-state index contributed by atoms with van der Waals surface area (Å²) in [6.45, 7) is 2.08. The molecule has 0 saturated heterocycles. The first-order chi connectivity index (χ1) is 6.81. The van der Waals surface area contributed by atoms with Crippen LogP contribution in [0.1, 0.15) is 23.5 Å². The molecule has 2 nitrogen and oxygen atoms in total. The number of aliphatic hydroxyl groups is 1. The van der Waals surface area contributed by atoms with Crippen LogP contribution in [0, 0.1) is 0 Å². The van der Waals surface area contributed by atoms with E-state index in [4.69, 9.17) is 16.7 Å². The van der Waals surface area contributed by atoms with Crippen molar-refractivity contribution in [2.75, 3.05) is 13.2 Å². The SMILES string of the molecule is OCC[C@H]1CNCc2ccc(Cl)cc21. The van der Waals surface area contributed by atoms with Crippen molar-refractivity contribution in [2.45, 2.75) is 18.9 Å². The fraction of sp³-hybridized carbons (Fsp3) is 0.455. The Kier molecular flexibility index (Phi) is 3.06. The molecular formula is C11H14ClNO. The Bertz CT molecular complexity index is 327. The third-order valence-corrected chi connectivity index (χ3v) is 2.97. The van der Waals surface area contributed by atoms with Crippen LogP contribution < -0.4 is 5.32 Å². The normalized spacial score (nSPS) is 20.6. The zero-order valence-electron chi connectivity index (χ0n) is 7.96. The van der Waals surface area contributed by atoms with Crippen LogP contribution in [0.4, 0.5) is 0 Å². The largest absolute Gasteiger partial charge is 0.396 e. The van der Waals surface area contributed by atoms with Gasteiger partial charge in [-0.15, -0.1) is 0 Å². The maximum absolute atomic E-state index is 8.95. The van der Waals surface area contributed by atoms with Gasteiger partial charge < -0.3 is 10.4 Å². The monoisotopic (exact) mass is 211 g/mol. The van der Waals surface area contributed by atoms with Crippen molar-refractivity contribution in [3.63, 3.8) is 0 Å². The number of benzene rings is 1. The molecule has 0 saturated carbocycles. The summed E-state index contributed by atoms with van der Waals surface area (Å²) in [5.41, 5.74) is 2.60. The number of fused-ring (bicyclic) bond motifs is 1. The van der Waals surface area contributed by atoms with Gasteiger partial charge in [0.25, 0.3) is 0 Å². The van der Waals surface area contributed by atoms with Crippen LogP contribution in [0.3, 0.4) is 0 Å². The number of aliphatic hydroxyl groups excluding tert-OH is 1. The van der Waals surface area contributed by atoms with Gasteiger partial charge in [0.15, 0.2) is 0 Å². The lowest BCUT2D eigenvalue weighted by Crippen LogP contribution is -2.28. The van der Waals surface area contributed by atoms with E-state index < -0.39 is 0 Å². The van der Waals surface area contributed by atoms with E-state index in [1.807, 2.05) is 12.1 Å². The smallest absolute Gasteiger partial charge is 0.0437 e. The van der Waals surface area contributed by atoms with Crippen LogP contribution in [-0.2, 0) is 6.54 Å².